The molecule has 0 saturated heterocycles. The molecule has 0 bridgehead atoms. The van der Waals surface area contributed by atoms with Gasteiger partial charge in [-0.25, -0.2) is 0 Å². The zero-order valence-electron chi connectivity index (χ0n) is 9.21. The second kappa shape index (κ2) is 4.84. The van der Waals surface area contributed by atoms with E-state index in [1.807, 2.05) is 13.8 Å². The maximum absolute atomic E-state index is 11.6. The van der Waals surface area contributed by atoms with Crippen molar-refractivity contribution < 1.29 is 14.3 Å². The number of allylic oxidation sites excluding steroid dienone is 2. The highest BCUT2D eigenvalue weighted by molar-refractivity contribution is 9.13. The molecule has 0 fully saturated rings. The molecule has 0 radical (unpaired) electrons. The normalized spacial score (nSPS) is 19.2. The molecule has 0 heterocycles. The Hall–Kier alpha value is -0.420. The molecule has 0 N–H and O–H groups in total. The van der Waals surface area contributed by atoms with Gasteiger partial charge in [-0.15, -0.1) is 0 Å². The van der Waals surface area contributed by atoms with Crippen LogP contribution in [0.2, 0.25) is 0 Å². The number of ketones is 1. The van der Waals surface area contributed by atoms with Crippen molar-refractivity contribution in [3.8, 4) is 0 Å². The third-order valence-corrected chi connectivity index (χ3v) is 3.54. The molecule has 0 amide bonds. The summed E-state index contributed by atoms with van der Waals surface area (Å²) in [5.74, 6) is -0.496. The molecule has 0 aromatic heterocycles. The highest BCUT2D eigenvalue weighted by Gasteiger charge is 2.38. The fourth-order valence-electron chi connectivity index (χ4n) is 1.44. The maximum atomic E-state index is 11.6. The molecule has 3 nitrogen and oxygen atoms in total. The standard InChI is InChI=1S/C11H12Br2O3/c1-6(2)11(16-7(3)14)4-8(12)10(15)9(13)5-11/h4-6H,1-3H3. The number of Topliss-reactive ketones (excluding diaryl/α,β-unsaturated/α-hetero) is 1. The number of rotatable bonds is 2. The van der Waals surface area contributed by atoms with Gasteiger partial charge in [0.25, 0.3) is 0 Å². The van der Waals surface area contributed by atoms with Gasteiger partial charge in [0.1, 0.15) is 0 Å². The lowest BCUT2D eigenvalue weighted by Crippen LogP contribution is -2.38. The Morgan fingerprint density at radius 1 is 1.31 bits per heavy atom. The summed E-state index contributed by atoms with van der Waals surface area (Å²) in [6.45, 7) is 5.20. The average molecular weight is 352 g/mol. The van der Waals surface area contributed by atoms with Crippen LogP contribution in [0.25, 0.3) is 0 Å². The van der Waals surface area contributed by atoms with E-state index in [4.69, 9.17) is 4.74 Å². The van der Waals surface area contributed by atoms with Gasteiger partial charge in [0.15, 0.2) is 5.60 Å². The van der Waals surface area contributed by atoms with Crippen molar-refractivity contribution in [1.29, 1.82) is 0 Å². The van der Waals surface area contributed by atoms with Crippen LogP contribution in [-0.2, 0) is 14.3 Å². The van der Waals surface area contributed by atoms with Gasteiger partial charge >= 0.3 is 5.97 Å². The van der Waals surface area contributed by atoms with Gasteiger partial charge in [0.2, 0.25) is 5.78 Å². The van der Waals surface area contributed by atoms with Crippen molar-refractivity contribution >= 4 is 43.6 Å². The van der Waals surface area contributed by atoms with E-state index in [9.17, 15) is 9.59 Å². The molecule has 88 valence electrons. The van der Waals surface area contributed by atoms with Crippen molar-refractivity contribution in [2.24, 2.45) is 5.92 Å². The number of ether oxygens (including phenoxy) is 1. The Morgan fingerprint density at radius 2 is 1.75 bits per heavy atom. The maximum Gasteiger partial charge on any atom is 0.303 e. The lowest BCUT2D eigenvalue weighted by molar-refractivity contribution is -0.152. The number of hydrogen-bond donors (Lipinski definition) is 0. The Kier molecular flexibility index (Phi) is 4.12. The highest BCUT2D eigenvalue weighted by Crippen LogP contribution is 2.36. The zero-order chi connectivity index (χ0) is 12.5. The molecule has 16 heavy (non-hydrogen) atoms. The largest absolute Gasteiger partial charge is 0.450 e. The van der Waals surface area contributed by atoms with Gasteiger partial charge < -0.3 is 4.74 Å². The molecule has 5 heteroatoms. The molecule has 1 aliphatic carbocycles. The first-order valence-corrected chi connectivity index (χ1v) is 6.38. The summed E-state index contributed by atoms with van der Waals surface area (Å²) in [5.41, 5.74) is -0.864. The van der Waals surface area contributed by atoms with Crippen LogP contribution < -0.4 is 0 Å². The Bertz CT molecular complexity index is 372. The predicted octanol–water partition coefficient (Wildman–Crippen LogP) is 3.08. The van der Waals surface area contributed by atoms with Crippen LogP contribution in [0.3, 0.4) is 0 Å². The van der Waals surface area contributed by atoms with Crippen LogP contribution in [0.5, 0.6) is 0 Å². The highest BCUT2D eigenvalue weighted by atomic mass is 79.9. The minimum atomic E-state index is -0.864. The summed E-state index contributed by atoms with van der Waals surface area (Å²) < 4.78 is 6.13. The van der Waals surface area contributed by atoms with Gasteiger partial charge in [-0.05, 0) is 44.0 Å². The van der Waals surface area contributed by atoms with Gasteiger partial charge in [-0.3, -0.25) is 9.59 Å². The van der Waals surface area contributed by atoms with E-state index >= 15 is 0 Å². The predicted molar refractivity (Wildman–Crippen MR) is 68.4 cm³/mol. The van der Waals surface area contributed by atoms with Gasteiger partial charge in [-0.1, -0.05) is 13.8 Å². The first kappa shape index (κ1) is 13.6. The fourth-order valence-corrected chi connectivity index (χ4v) is 2.85. The van der Waals surface area contributed by atoms with Crippen molar-refractivity contribution in [1.82, 2.24) is 0 Å². The average Bonchev–Trinajstić information content (AvgIpc) is 2.12. The quantitative estimate of drug-likeness (QED) is 0.718. The third kappa shape index (κ3) is 2.63. The second-order valence-corrected chi connectivity index (χ2v) is 5.62. The second-order valence-electron chi connectivity index (χ2n) is 3.92. The molecule has 0 aliphatic heterocycles. The van der Waals surface area contributed by atoms with Crippen LogP contribution in [0, 0.1) is 5.92 Å². The van der Waals surface area contributed by atoms with Crippen molar-refractivity contribution in [2.45, 2.75) is 26.4 Å². The Morgan fingerprint density at radius 3 is 2.06 bits per heavy atom. The minimum absolute atomic E-state index is 0.0320. The van der Waals surface area contributed by atoms with E-state index < -0.39 is 5.60 Å². The zero-order valence-corrected chi connectivity index (χ0v) is 12.4. The molecule has 0 saturated carbocycles. The molecule has 0 spiro atoms. The first-order chi connectivity index (χ1) is 7.28. The molecule has 0 unspecified atom stereocenters. The summed E-state index contributed by atoms with van der Waals surface area (Å²) in [4.78, 5) is 22.7. The van der Waals surface area contributed by atoms with Crippen LogP contribution in [0.15, 0.2) is 21.1 Å². The summed E-state index contributed by atoms with van der Waals surface area (Å²) in [5, 5.41) is 0. The van der Waals surface area contributed by atoms with Crippen LogP contribution in [0.1, 0.15) is 20.8 Å². The van der Waals surface area contributed by atoms with E-state index in [0.717, 1.165) is 0 Å². The third-order valence-electron chi connectivity index (χ3n) is 2.36. The fraction of sp³-hybridized carbons (Fsp3) is 0.455. The van der Waals surface area contributed by atoms with Gasteiger partial charge in [0.05, 0.1) is 8.96 Å². The Labute approximate surface area is 111 Å². The van der Waals surface area contributed by atoms with E-state index in [-0.39, 0.29) is 17.7 Å². The van der Waals surface area contributed by atoms with Crippen LogP contribution in [-0.4, -0.2) is 17.4 Å². The summed E-state index contributed by atoms with van der Waals surface area (Å²) in [6.07, 6.45) is 3.26. The molecule has 0 aromatic carbocycles. The molecular formula is C11H12Br2O3. The van der Waals surface area contributed by atoms with Crippen molar-refractivity contribution in [2.75, 3.05) is 0 Å². The molecule has 0 atom stereocenters. The van der Waals surface area contributed by atoms with E-state index in [0.29, 0.717) is 8.96 Å². The topological polar surface area (TPSA) is 43.4 Å². The molecule has 1 aliphatic rings. The number of esters is 1. The van der Waals surface area contributed by atoms with E-state index in [1.165, 1.54) is 6.92 Å². The monoisotopic (exact) mass is 350 g/mol. The van der Waals surface area contributed by atoms with E-state index in [2.05, 4.69) is 31.9 Å². The van der Waals surface area contributed by atoms with Crippen molar-refractivity contribution in [3.63, 3.8) is 0 Å². The first-order valence-electron chi connectivity index (χ1n) is 4.79. The number of carbonyl (C=O) groups excluding carboxylic acids is 2. The van der Waals surface area contributed by atoms with E-state index in [1.54, 1.807) is 12.2 Å². The van der Waals surface area contributed by atoms with Gasteiger partial charge in [-0.2, -0.15) is 0 Å². The lowest BCUT2D eigenvalue weighted by atomic mass is 9.86. The molecule has 1 rings (SSSR count). The summed E-state index contributed by atoms with van der Waals surface area (Å²) >= 11 is 6.35. The van der Waals surface area contributed by atoms with Gasteiger partial charge in [0, 0.05) is 12.8 Å². The number of hydrogen-bond acceptors (Lipinski definition) is 3. The summed E-state index contributed by atoms with van der Waals surface area (Å²) in [6, 6.07) is 0. The number of halogens is 2. The number of carbonyl (C=O) groups is 2. The molecule has 0 aromatic rings. The van der Waals surface area contributed by atoms with Crippen LogP contribution >= 0.6 is 31.9 Å². The minimum Gasteiger partial charge on any atom is -0.450 e. The van der Waals surface area contributed by atoms with Crippen LogP contribution in [0.4, 0.5) is 0 Å². The SMILES string of the molecule is CC(=O)OC1(C(C)C)C=C(Br)C(=O)C(Br)=C1. The smallest absolute Gasteiger partial charge is 0.303 e. The lowest BCUT2D eigenvalue weighted by Gasteiger charge is -2.33. The van der Waals surface area contributed by atoms with Crippen molar-refractivity contribution in [3.05, 3.63) is 21.1 Å². The Balaban J connectivity index is 3.22. The molecular weight excluding hydrogens is 340 g/mol. The summed E-state index contributed by atoms with van der Waals surface area (Å²) in [7, 11) is 0.